The molecule has 124 valence electrons. The minimum atomic E-state index is -0.717. The molecule has 3 N–H and O–H groups in total. The predicted molar refractivity (Wildman–Crippen MR) is 90.5 cm³/mol. The lowest BCUT2D eigenvalue weighted by Gasteiger charge is -2.43. The van der Waals surface area contributed by atoms with Gasteiger partial charge in [-0.2, -0.15) is 0 Å². The van der Waals surface area contributed by atoms with E-state index in [1.807, 2.05) is 12.1 Å². The standard InChI is InChI=1S/C17H16ClN3O3/c1-24-13-8-4-10(5-9-13)15-14(18)17(23)21(15)20-16(22)11-2-6-12(19)7-3-11/h2-9,14-15H,19H2,1H3,(H,20,22)/t14-,15+/m0/s1. The van der Waals surface area contributed by atoms with Gasteiger partial charge < -0.3 is 10.5 Å². The number of halogens is 1. The maximum Gasteiger partial charge on any atom is 0.269 e. The van der Waals surface area contributed by atoms with E-state index in [4.69, 9.17) is 22.1 Å². The van der Waals surface area contributed by atoms with E-state index in [1.165, 1.54) is 5.01 Å². The predicted octanol–water partition coefficient (Wildman–Crippen LogP) is 2.11. The lowest BCUT2D eigenvalue weighted by Crippen LogP contribution is -2.63. The number of hydrogen-bond acceptors (Lipinski definition) is 4. The zero-order valence-corrected chi connectivity index (χ0v) is 13.7. The van der Waals surface area contributed by atoms with E-state index in [1.54, 1.807) is 43.5 Å². The third-order valence-electron chi connectivity index (χ3n) is 3.88. The van der Waals surface area contributed by atoms with Crippen molar-refractivity contribution in [1.29, 1.82) is 0 Å². The first-order valence-electron chi connectivity index (χ1n) is 7.29. The summed E-state index contributed by atoms with van der Waals surface area (Å²) in [6, 6.07) is 13.2. The van der Waals surface area contributed by atoms with E-state index < -0.39 is 17.3 Å². The van der Waals surface area contributed by atoms with E-state index in [2.05, 4.69) is 5.43 Å². The third-order valence-corrected chi connectivity index (χ3v) is 4.31. The van der Waals surface area contributed by atoms with Crippen LogP contribution in [0.1, 0.15) is 22.0 Å². The monoisotopic (exact) mass is 345 g/mol. The van der Waals surface area contributed by atoms with E-state index in [0.29, 0.717) is 17.0 Å². The van der Waals surface area contributed by atoms with E-state index in [9.17, 15) is 9.59 Å². The Balaban J connectivity index is 1.76. The number of anilines is 1. The van der Waals surface area contributed by atoms with Crippen LogP contribution in [-0.4, -0.2) is 29.3 Å². The topological polar surface area (TPSA) is 84.7 Å². The number of hydrogen-bond donors (Lipinski definition) is 2. The highest BCUT2D eigenvalue weighted by Crippen LogP contribution is 2.37. The molecule has 0 spiro atoms. The van der Waals surface area contributed by atoms with Crippen LogP contribution in [0, 0.1) is 0 Å². The molecule has 2 amide bonds. The summed E-state index contributed by atoms with van der Waals surface area (Å²) in [6.45, 7) is 0. The van der Waals surface area contributed by atoms with E-state index in [0.717, 1.165) is 5.56 Å². The molecule has 0 radical (unpaired) electrons. The molecule has 0 unspecified atom stereocenters. The molecule has 0 aliphatic carbocycles. The SMILES string of the molecule is COc1ccc([C@@H]2[C@H](Cl)C(=O)N2NC(=O)c2ccc(N)cc2)cc1. The number of amides is 2. The number of carbonyl (C=O) groups excluding carboxylic acids is 2. The molecule has 1 saturated heterocycles. The number of rotatable bonds is 4. The highest BCUT2D eigenvalue weighted by Gasteiger charge is 2.48. The number of nitrogens with zero attached hydrogens (tertiary/aromatic N) is 1. The van der Waals surface area contributed by atoms with Crippen LogP contribution >= 0.6 is 11.6 Å². The maximum atomic E-state index is 12.3. The summed E-state index contributed by atoms with van der Waals surface area (Å²) in [5, 5.41) is 0.531. The van der Waals surface area contributed by atoms with Gasteiger partial charge in [-0.25, -0.2) is 5.01 Å². The van der Waals surface area contributed by atoms with Crippen molar-refractivity contribution in [2.45, 2.75) is 11.4 Å². The molecule has 0 bridgehead atoms. The van der Waals surface area contributed by atoms with Crippen LogP contribution in [0.15, 0.2) is 48.5 Å². The minimum Gasteiger partial charge on any atom is -0.497 e. The van der Waals surface area contributed by atoms with Crippen molar-refractivity contribution in [2.75, 3.05) is 12.8 Å². The Hall–Kier alpha value is -2.73. The lowest BCUT2D eigenvalue weighted by molar-refractivity contribution is -0.149. The van der Waals surface area contributed by atoms with Crippen molar-refractivity contribution in [3.8, 4) is 5.75 Å². The Kier molecular flexibility index (Phi) is 4.31. The molecule has 24 heavy (non-hydrogen) atoms. The number of β-lactam (4-membered cyclic amide) rings is 1. The highest BCUT2D eigenvalue weighted by molar-refractivity contribution is 6.33. The van der Waals surface area contributed by atoms with Gasteiger partial charge in [0.25, 0.3) is 11.8 Å². The molecule has 6 nitrogen and oxygen atoms in total. The molecular formula is C17H16ClN3O3. The molecule has 0 saturated carbocycles. The van der Waals surface area contributed by atoms with Crippen molar-refractivity contribution in [1.82, 2.24) is 10.4 Å². The zero-order chi connectivity index (χ0) is 17.3. The number of methoxy groups -OCH3 is 1. The first-order chi connectivity index (χ1) is 11.5. The Labute approximate surface area is 144 Å². The fourth-order valence-electron chi connectivity index (χ4n) is 2.51. The number of hydrazine groups is 1. The molecule has 1 aliphatic rings. The summed E-state index contributed by atoms with van der Waals surface area (Å²) in [4.78, 5) is 24.3. The van der Waals surface area contributed by atoms with Gasteiger partial charge in [-0.1, -0.05) is 12.1 Å². The molecule has 7 heteroatoms. The average Bonchev–Trinajstić information content (AvgIpc) is 2.61. The summed E-state index contributed by atoms with van der Waals surface area (Å²) in [5.74, 6) is -0.0420. The summed E-state index contributed by atoms with van der Waals surface area (Å²) in [5.41, 5.74) is 9.98. The van der Waals surface area contributed by atoms with Gasteiger partial charge in [0.2, 0.25) is 0 Å². The molecular weight excluding hydrogens is 330 g/mol. The summed E-state index contributed by atoms with van der Waals surface area (Å²) >= 11 is 6.13. The molecule has 2 atom stereocenters. The Morgan fingerprint density at radius 2 is 1.79 bits per heavy atom. The van der Waals surface area contributed by atoms with Crippen molar-refractivity contribution in [3.05, 3.63) is 59.7 Å². The third kappa shape index (κ3) is 2.88. The van der Waals surface area contributed by atoms with Crippen molar-refractivity contribution >= 4 is 29.1 Å². The van der Waals surface area contributed by atoms with Crippen LogP contribution < -0.4 is 15.9 Å². The van der Waals surface area contributed by atoms with E-state index in [-0.39, 0.29) is 5.91 Å². The van der Waals surface area contributed by atoms with Gasteiger partial charge >= 0.3 is 0 Å². The smallest absolute Gasteiger partial charge is 0.269 e. The van der Waals surface area contributed by atoms with Crippen LogP contribution in [-0.2, 0) is 4.79 Å². The van der Waals surface area contributed by atoms with Gasteiger partial charge in [0.05, 0.1) is 7.11 Å². The van der Waals surface area contributed by atoms with Gasteiger partial charge in [0, 0.05) is 11.3 Å². The number of ether oxygens (including phenoxy) is 1. The second kappa shape index (κ2) is 6.41. The fourth-order valence-corrected chi connectivity index (χ4v) is 2.87. The number of benzene rings is 2. The maximum absolute atomic E-state index is 12.3. The van der Waals surface area contributed by atoms with Crippen molar-refractivity contribution in [3.63, 3.8) is 0 Å². The van der Waals surface area contributed by atoms with Crippen LogP contribution in [0.2, 0.25) is 0 Å². The fraction of sp³-hybridized carbons (Fsp3) is 0.176. The average molecular weight is 346 g/mol. The first kappa shape index (κ1) is 16.1. The summed E-state index contributed by atoms with van der Waals surface area (Å²) in [6.07, 6.45) is 0. The molecule has 1 aliphatic heterocycles. The molecule has 0 aromatic heterocycles. The summed E-state index contributed by atoms with van der Waals surface area (Å²) < 4.78 is 5.11. The second-order valence-corrected chi connectivity index (χ2v) is 5.86. The molecule has 3 rings (SSSR count). The Bertz CT molecular complexity index is 762. The molecule has 1 fully saturated rings. The van der Waals surface area contributed by atoms with Crippen molar-refractivity contribution in [2.24, 2.45) is 0 Å². The number of nitrogens with two attached hydrogens (primary N) is 1. The molecule has 2 aromatic rings. The Morgan fingerprint density at radius 3 is 2.38 bits per heavy atom. The van der Waals surface area contributed by atoms with Gasteiger partial charge in [0.15, 0.2) is 0 Å². The lowest BCUT2D eigenvalue weighted by atomic mass is 9.95. The van der Waals surface area contributed by atoms with Crippen molar-refractivity contribution < 1.29 is 14.3 Å². The normalized spacial score (nSPS) is 19.6. The second-order valence-electron chi connectivity index (χ2n) is 5.39. The van der Waals surface area contributed by atoms with Crippen LogP contribution in [0.3, 0.4) is 0 Å². The number of carbonyl (C=O) groups is 2. The molecule has 2 aromatic carbocycles. The van der Waals surface area contributed by atoms with Gasteiger partial charge in [-0.3, -0.25) is 15.0 Å². The first-order valence-corrected chi connectivity index (χ1v) is 7.72. The van der Waals surface area contributed by atoms with Crippen LogP contribution in [0.4, 0.5) is 5.69 Å². The van der Waals surface area contributed by atoms with Crippen LogP contribution in [0.5, 0.6) is 5.75 Å². The number of alkyl halides is 1. The van der Waals surface area contributed by atoms with Crippen LogP contribution in [0.25, 0.3) is 0 Å². The van der Waals surface area contributed by atoms with Gasteiger partial charge in [-0.15, -0.1) is 11.6 Å². The quantitative estimate of drug-likeness (QED) is 0.505. The largest absolute Gasteiger partial charge is 0.497 e. The Morgan fingerprint density at radius 1 is 1.17 bits per heavy atom. The highest BCUT2D eigenvalue weighted by atomic mass is 35.5. The van der Waals surface area contributed by atoms with Gasteiger partial charge in [-0.05, 0) is 42.0 Å². The zero-order valence-electron chi connectivity index (χ0n) is 12.9. The van der Waals surface area contributed by atoms with E-state index >= 15 is 0 Å². The minimum absolute atomic E-state index is 0.346. The molecule has 1 heterocycles. The summed E-state index contributed by atoms with van der Waals surface area (Å²) in [7, 11) is 1.57. The number of nitrogen functional groups attached to an aromatic ring is 1. The van der Waals surface area contributed by atoms with Gasteiger partial charge in [0.1, 0.15) is 17.2 Å². The number of nitrogens with one attached hydrogen (secondary N) is 1.